The first kappa shape index (κ1) is 19.7. The number of piperidine rings is 1. The number of thioether (sulfide) groups is 1. The summed E-state index contributed by atoms with van der Waals surface area (Å²) in [5.41, 5.74) is 1.04. The molecule has 1 fully saturated rings. The Hall–Kier alpha value is -2.02. The highest BCUT2D eigenvalue weighted by Gasteiger charge is 2.21. The predicted octanol–water partition coefficient (Wildman–Crippen LogP) is 3.66. The Balaban J connectivity index is 1.71. The molecule has 0 atom stereocenters. The third-order valence-electron chi connectivity index (χ3n) is 4.70. The topological polar surface area (TPSA) is 63.1 Å². The summed E-state index contributed by atoms with van der Waals surface area (Å²) in [5, 5.41) is 12.6. The number of para-hydroxylation sites is 1. The van der Waals surface area contributed by atoms with E-state index in [0.29, 0.717) is 5.75 Å². The van der Waals surface area contributed by atoms with E-state index in [0.717, 1.165) is 55.7 Å². The van der Waals surface area contributed by atoms with Crippen molar-refractivity contribution in [3.05, 3.63) is 30.3 Å². The summed E-state index contributed by atoms with van der Waals surface area (Å²) in [6.45, 7) is 4.92. The van der Waals surface area contributed by atoms with E-state index in [9.17, 15) is 4.79 Å². The zero-order valence-electron chi connectivity index (χ0n) is 16.1. The quantitative estimate of drug-likeness (QED) is 0.525. The lowest BCUT2D eigenvalue weighted by molar-refractivity contribution is -0.118. The van der Waals surface area contributed by atoms with E-state index in [1.165, 1.54) is 31.0 Å². The number of carbonyl (C=O) groups excluding carboxylic acids is 1. The second-order valence-corrected chi connectivity index (χ2v) is 7.79. The monoisotopic (exact) mass is 387 g/mol. The zero-order chi connectivity index (χ0) is 18.9. The van der Waals surface area contributed by atoms with Gasteiger partial charge in [-0.25, -0.2) is 0 Å². The van der Waals surface area contributed by atoms with Gasteiger partial charge in [-0.1, -0.05) is 49.7 Å². The summed E-state index contributed by atoms with van der Waals surface area (Å²) >= 11 is 1.45. The lowest BCUT2D eigenvalue weighted by Gasteiger charge is -2.27. The number of nitrogens with one attached hydrogen (secondary N) is 1. The molecule has 27 heavy (non-hydrogen) atoms. The first-order valence-electron chi connectivity index (χ1n) is 9.95. The molecule has 0 bridgehead atoms. The number of amides is 1. The molecule has 0 spiro atoms. The fraction of sp³-hybridized carbons (Fsp3) is 0.550. The summed E-state index contributed by atoms with van der Waals surface area (Å²) in [7, 11) is 0. The molecule has 0 aliphatic carbocycles. The molecule has 0 unspecified atom stereocenters. The van der Waals surface area contributed by atoms with E-state index >= 15 is 0 Å². The fourth-order valence-electron chi connectivity index (χ4n) is 3.24. The molecule has 1 aromatic heterocycles. The number of unbranched alkanes of at least 4 members (excludes halogenated alkanes) is 2. The summed E-state index contributed by atoms with van der Waals surface area (Å²) in [5.74, 6) is 1.29. The lowest BCUT2D eigenvalue weighted by atomic mass is 10.1. The van der Waals surface area contributed by atoms with E-state index < -0.39 is 0 Å². The van der Waals surface area contributed by atoms with Crippen LogP contribution in [0.2, 0.25) is 0 Å². The van der Waals surface area contributed by atoms with Gasteiger partial charge in [-0.05, 0) is 37.8 Å². The van der Waals surface area contributed by atoms with Crippen molar-refractivity contribution in [2.24, 2.45) is 0 Å². The fourth-order valence-corrected chi connectivity index (χ4v) is 4.02. The van der Waals surface area contributed by atoms with Crippen molar-refractivity contribution in [1.82, 2.24) is 20.1 Å². The van der Waals surface area contributed by atoms with Crippen LogP contribution in [0.3, 0.4) is 0 Å². The molecule has 1 aliphatic rings. The summed E-state index contributed by atoms with van der Waals surface area (Å²) in [4.78, 5) is 14.4. The second-order valence-electron chi connectivity index (χ2n) is 6.85. The maximum absolute atomic E-state index is 12.1. The van der Waals surface area contributed by atoms with Crippen molar-refractivity contribution in [3.8, 4) is 5.69 Å². The first-order chi connectivity index (χ1) is 13.3. The maximum Gasteiger partial charge on any atom is 0.232 e. The van der Waals surface area contributed by atoms with Crippen molar-refractivity contribution in [1.29, 1.82) is 0 Å². The largest absolute Gasteiger partial charge is 0.355 e. The molecular weight excluding hydrogens is 358 g/mol. The lowest BCUT2D eigenvalue weighted by Crippen LogP contribution is -2.31. The number of rotatable bonds is 9. The Kier molecular flexibility index (Phi) is 7.56. The van der Waals surface area contributed by atoms with Gasteiger partial charge in [-0.15, -0.1) is 10.2 Å². The average molecular weight is 388 g/mol. The molecule has 7 heteroatoms. The van der Waals surface area contributed by atoms with Crippen molar-refractivity contribution >= 4 is 23.6 Å². The van der Waals surface area contributed by atoms with Crippen LogP contribution in [0.15, 0.2) is 35.5 Å². The van der Waals surface area contributed by atoms with Crippen LogP contribution < -0.4 is 10.2 Å². The van der Waals surface area contributed by atoms with Crippen LogP contribution in [-0.4, -0.2) is 46.1 Å². The maximum atomic E-state index is 12.1. The van der Waals surface area contributed by atoms with E-state index in [4.69, 9.17) is 0 Å². The van der Waals surface area contributed by atoms with Gasteiger partial charge >= 0.3 is 0 Å². The molecule has 1 aliphatic heterocycles. The number of hydrogen-bond donors (Lipinski definition) is 1. The van der Waals surface area contributed by atoms with Gasteiger partial charge in [0.2, 0.25) is 11.9 Å². The van der Waals surface area contributed by atoms with Crippen LogP contribution in [0.4, 0.5) is 5.95 Å². The van der Waals surface area contributed by atoms with Crippen LogP contribution in [-0.2, 0) is 4.79 Å². The van der Waals surface area contributed by atoms with Crippen molar-refractivity contribution in [2.45, 2.75) is 50.6 Å². The van der Waals surface area contributed by atoms with E-state index in [-0.39, 0.29) is 5.91 Å². The van der Waals surface area contributed by atoms with Gasteiger partial charge in [0.25, 0.3) is 0 Å². The van der Waals surface area contributed by atoms with E-state index in [1.807, 2.05) is 18.2 Å². The van der Waals surface area contributed by atoms with Gasteiger partial charge in [0.05, 0.1) is 11.4 Å². The van der Waals surface area contributed by atoms with Gasteiger partial charge in [-0.2, -0.15) is 0 Å². The van der Waals surface area contributed by atoms with Crippen LogP contribution in [0.5, 0.6) is 0 Å². The molecule has 1 aromatic carbocycles. The molecule has 2 aromatic rings. The van der Waals surface area contributed by atoms with Crippen molar-refractivity contribution in [2.75, 3.05) is 30.3 Å². The van der Waals surface area contributed by atoms with Gasteiger partial charge < -0.3 is 10.2 Å². The minimum atomic E-state index is 0.0539. The minimum Gasteiger partial charge on any atom is -0.355 e. The molecular formula is C20H29N5OS. The smallest absolute Gasteiger partial charge is 0.232 e. The summed E-state index contributed by atoms with van der Waals surface area (Å²) in [6, 6.07) is 10.2. The SMILES string of the molecule is CCCCCNC(=O)CSc1nnc(N2CCCCC2)n1-c1ccccc1. The minimum absolute atomic E-state index is 0.0539. The molecule has 0 saturated carbocycles. The highest BCUT2D eigenvalue weighted by molar-refractivity contribution is 7.99. The van der Waals surface area contributed by atoms with Crippen LogP contribution in [0, 0.1) is 0 Å². The van der Waals surface area contributed by atoms with Crippen molar-refractivity contribution < 1.29 is 4.79 Å². The highest BCUT2D eigenvalue weighted by atomic mass is 32.2. The third-order valence-corrected chi connectivity index (χ3v) is 5.63. The van der Waals surface area contributed by atoms with Crippen LogP contribution in [0.1, 0.15) is 45.4 Å². The van der Waals surface area contributed by atoms with E-state index in [2.05, 4.69) is 44.0 Å². The zero-order valence-corrected chi connectivity index (χ0v) is 16.9. The molecule has 6 nitrogen and oxygen atoms in total. The van der Waals surface area contributed by atoms with Gasteiger partial charge in [-0.3, -0.25) is 9.36 Å². The standard InChI is InChI=1S/C20H29N5OS/c1-2-3-8-13-21-18(26)16-27-20-23-22-19(24-14-9-5-10-15-24)25(20)17-11-6-4-7-12-17/h4,6-7,11-12H,2-3,5,8-10,13-16H2,1H3,(H,21,26). The van der Waals surface area contributed by atoms with Gasteiger partial charge in [0.15, 0.2) is 5.16 Å². The Morgan fingerprint density at radius 1 is 1.11 bits per heavy atom. The Bertz CT molecular complexity index is 712. The molecule has 146 valence electrons. The van der Waals surface area contributed by atoms with Crippen molar-refractivity contribution in [3.63, 3.8) is 0 Å². The molecule has 1 N–H and O–H groups in total. The van der Waals surface area contributed by atoms with Crippen LogP contribution in [0.25, 0.3) is 5.69 Å². The predicted molar refractivity (Wildman–Crippen MR) is 111 cm³/mol. The number of carbonyl (C=O) groups is 1. The van der Waals surface area contributed by atoms with Gasteiger partial charge in [0, 0.05) is 19.6 Å². The second kappa shape index (κ2) is 10.3. The third kappa shape index (κ3) is 5.48. The Morgan fingerprint density at radius 3 is 2.63 bits per heavy atom. The number of nitrogens with zero attached hydrogens (tertiary/aromatic N) is 4. The normalized spacial score (nSPS) is 14.3. The number of aromatic nitrogens is 3. The Labute approximate surface area is 165 Å². The number of anilines is 1. The Morgan fingerprint density at radius 2 is 1.89 bits per heavy atom. The molecule has 3 rings (SSSR count). The highest BCUT2D eigenvalue weighted by Crippen LogP contribution is 2.28. The molecule has 1 amide bonds. The number of hydrogen-bond acceptors (Lipinski definition) is 5. The van der Waals surface area contributed by atoms with Crippen LogP contribution >= 0.6 is 11.8 Å². The summed E-state index contributed by atoms with van der Waals surface area (Å²) in [6.07, 6.45) is 6.98. The molecule has 0 radical (unpaired) electrons. The average Bonchev–Trinajstić information content (AvgIpc) is 3.15. The summed E-state index contributed by atoms with van der Waals surface area (Å²) < 4.78 is 2.08. The van der Waals surface area contributed by atoms with Gasteiger partial charge in [0.1, 0.15) is 0 Å². The van der Waals surface area contributed by atoms with E-state index in [1.54, 1.807) is 0 Å². The molecule has 2 heterocycles. The molecule has 1 saturated heterocycles. The number of benzene rings is 1. The first-order valence-corrected chi connectivity index (χ1v) is 10.9.